The van der Waals surface area contributed by atoms with Crippen molar-refractivity contribution in [3.05, 3.63) is 47.5 Å². The van der Waals surface area contributed by atoms with Gasteiger partial charge >= 0.3 is 0 Å². The molecule has 3 fully saturated rings. The highest BCUT2D eigenvalue weighted by atomic mass is 16.5. The van der Waals surface area contributed by atoms with Gasteiger partial charge in [0.2, 0.25) is 0 Å². The Bertz CT molecular complexity index is 876. The Morgan fingerprint density at radius 2 is 1.86 bits per heavy atom. The maximum absolute atomic E-state index is 6.16. The molecule has 5 unspecified atom stereocenters. The van der Waals surface area contributed by atoms with Gasteiger partial charge in [0.1, 0.15) is 12.4 Å². The molecule has 3 saturated heterocycles. The van der Waals surface area contributed by atoms with Crippen molar-refractivity contribution in [2.45, 2.75) is 51.5 Å². The van der Waals surface area contributed by atoms with E-state index in [4.69, 9.17) is 9.73 Å². The minimum absolute atomic E-state index is 0.185. The number of likely N-dealkylation sites (tertiary alicyclic amines) is 1. The number of guanidine groups is 1. The number of benzene rings is 1. The van der Waals surface area contributed by atoms with E-state index in [1.807, 2.05) is 18.5 Å². The molecule has 0 aliphatic carbocycles. The third-order valence-corrected chi connectivity index (χ3v) is 6.95. The largest absolute Gasteiger partial charge is 0.374 e. The molecule has 5 rings (SSSR count). The number of hydrogen-bond acceptors (Lipinski definition) is 4. The first kappa shape index (κ1) is 18.6. The van der Waals surface area contributed by atoms with Crippen molar-refractivity contribution >= 4 is 5.96 Å². The number of nitrogens with one attached hydrogen (secondary N) is 1. The van der Waals surface area contributed by atoms with E-state index >= 15 is 0 Å². The molecule has 1 aromatic heterocycles. The van der Waals surface area contributed by atoms with Gasteiger partial charge in [-0.05, 0) is 32.3 Å². The molecule has 0 amide bonds. The van der Waals surface area contributed by atoms with Crippen molar-refractivity contribution in [3.63, 3.8) is 0 Å². The Kier molecular flexibility index (Phi) is 4.78. The van der Waals surface area contributed by atoms with Gasteiger partial charge < -0.3 is 19.5 Å². The number of aliphatic imine (C=N–C) groups is 1. The normalized spacial score (nSPS) is 29.3. The average Bonchev–Trinajstić information content (AvgIpc) is 3.50. The average molecular weight is 395 g/mol. The summed E-state index contributed by atoms with van der Waals surface area (Å²) in [4.78, 5) is 7.42. The first-order valence-electron chi connectivity index (χ1n) is 10.7. The first-order valence-corrected chi connectivity index (χ1v) is 10.7. The highest BCUT2D eigenvalue weighted by Crippen LogP contribution is 2.47. The molecule has 1 aromatic carbocycles. The topological polar surface area (TPSA) is 67.6 Å². The molecular formula is C22H30N6O. The summed E-state index contributed by atoms with van der Waals surface area (Å²) in [5.74, 6) is 4.05. The van der Waals surface area contributed by atoms with Crippen LogP contribution in [0.2, 0.25) is 0 Å². The van der Waals surface area contributed by atoms with Crippen LogP contribution in [0.5, 0.6) is 0 Å². The fourth-order valence-corrected chi connectivity index (χ4v) is 5.12. The Morgan fingerprint density at radius 1 is 1.17 bits per heavy atom. The zero-order valence-electron chi connectivity index (χ0n) is 17.5. The lowest BCUT2D eigenvalue weighted by Crippen LogP contribution is -2.42. The summed E-state index contributed by atoms with van der Waals surface area (Å²) < 4.78 is 8.17. The lowest BCUT2D eigenvalue weighted by atomic mass is 9.82. The Labute approximate surface area is 172 Å². The van der Waals surface area contributed by atoms with Crippen LogP contribution in [0.3, 0.4) is 0 Å². The van der Waals surface area contributed by atoms with Crippen LogP contribution < -0.4 is 5.32 Å². The zero-order valence-corrected chi connectivity index (χ0v) is 17.5. The minimum atomic E-state index is 0.185. The SMILES string of the molecule is Cc1nnc(CN=C(NC(C)c2ccccc2)N2CC3C4CCC(O4)C3C2)n1C. The van der Waals surface area contributed by atoms with Gasteiger partial charge in [-0.1, -0.05) is 30.3 Å². The maximum atomic E-state index is 6.16. The van der Waals surface area contributed by atoms with E-state index in [1.54, 1.807) is 0 Å². The monoisotopic (exact) mass is 394 g/mol. The molecule has 0 saturated carbocycles. The van der Waals surface area contributed by atoms with E-state index < -0.39 is 0 Å². The lowest BCUT2D eigenvalue weighted by Gasteiger charge is -2.26. The number of fused-ring (bicyclic) bond motifs is 5. The van der Waals surface area contributed by atoms with Crippen molar-refractivity contribution in [1.82, 2.24) is 25.0 Å². The second-order valence-electron chi connectivity index (χ2n) is 8.66. The number of ether oxygens (including phenoxy) is 1. The van der Waals surface area contributed by atoms with E-state index in [-0.39, 0.29) is 6.04 Å². The molecule has 3 aliphatic heterocycles. The van der Waals surface area contributed by atoms with E-state index in [2.05, 4.69) is 57.7 Å². The van der Waals surface area contributed by atoms with Gasteiger partial charge in [-0.2, -0.15) is 0 Å². The molecule has 154 valence electrons. The summed E-state index contributed by atoms with van der Waals surface area (Å²) >= 11 is 0. The van der Waals surface area contributed by atoms with Gasteiger partial charge in [0.05, 0.1) is 18.2 Å². The first-order chi connectivity index (χ1) is 14.1. The van der Waals surface area contributed by atoms with Crippen LogP contribution in [0.25, 0.3) is 0 Å². The molecule has 29 heavy (non-hydrogen) atoms. The summed E-state index contributed by atoms with van der Waals surface area (Å²) in [6.45, 7) is 6.74. The van der Waals surface area contributed by atoms with Crippen LogP contribution in [-0.4, -0.2) is 50.9 Å². The summed E-state index contributed by atoms with van der Waals surface area (Å²) in [6.07, 6.45) is 3.34. The zero-order chi connectivity index (χ0) is 20.0. The third kappa shape index (κ3) is 3.41. The molecule has 1 N–H and O–H groups in total. The van der Waals surface area contributed by atoms with Crippen LogP contribution in [-0.2, 0) is 18.3 Å². The highest BCUT2D eigenvalue weighted by Gasteiger charge is 2.53. The van der Waals surface area contributed by atoms with Crippen molar-refractivity contribution in [1.29, 1.82) is 0 Å². The van der Waals surface area contributed by atoms with Gasteiger partial charge in [0, 0.05) is 32.0 Å². The third-order valence-electron chi connectivity index (χ3n) is 6.95. The summed E-state index contributed by atoms with van der Waals surface area (Å²) in [5, 5.41) is 12.1. The molecule has 5 atom stereocenters. The van der Waals surface area contributed by atoms with Crippen LogP contribution >= 0.6 is 0 Å². The van der Waals surface area contributed by atoms with Crippen molar-refractivity contribution < 1.29 is 4.74 Å². The second-order valence-corrected chi connectivity index (χ2v) is 8.66. The van der Waals surface area contributed by atoms with E-state index in [0.717, 1.165) is 30.7 Å². The van der Waals surface area contributed by atoms with Gasteiger partial charge in [-0.3, -0.25) is 0 Å². The smallest absolute Gasteiger partial charge is 0.194 e. The lowest BCUT2D eigenvalue weighted by molar-refractivity contribution is 0.0766. The van der Waals surface area contributed by atoms with E-state index in [1.165, 1.54) is 18.4 Å². The molecule has 0 radical (unpaired) electrons. The number of hydrogen-bond donors (Lipinski definition) is 1. The standard InChI is InChI=1S/C22H30N6O/c1-14(16-7-5-4-6-8-16)24-22(23-11-21-26-25-15(2)27(21)3)28-12-17-18(13-28)20-10-9-19(17)29-20/h4-8,14,17-20H,9-13H2,1-3H3,(H,23,24). The highest BCUT2D eigenvalue weighted by molar-refractivity contribution is 5.80. The van der Waals surface area contributed by atoms with E-state index in [9.17, 15) is 0 Å². The summed E-state index contributed by atoms with van der Waals surface area (Å²) in [5.41, 5.74) is 1.26. The van der Waals surface area contributed by atoms with E-state index in [0.29, 0.717) is 30.6 Å². The molecule has 4 heterocycles. The fraction of sp³-hybridized carbons (Fsp3) is 0.591. The Balaban J connectivity index is 1.37. The Hall–Kier alpha value is -2.41. The maximum Gasteiger partial charge on any atom is 0.194 e. The summed E-state index contributed by atoms with van der Waals surface area (Å²) in [7, 11) is 2.00. The Morgan fingerprint density at radius 3 is 2.48 bits per heavy atom. The van der Waals surface area contributed by atoms with Crippen molar-refractivity contribution in [2.24, 2.45) is 23.9 Å². The predicted molar refractivity (Wildman–Crippen MR) is 111 cm³/mol. The number of nitrogens with zero attached hydrogens (tertiary/aromatic N) is 5. The van der Waals surface area contributed by atoms with Crippen molar-refractivity contribution in [3.8, 4) is 0 Å². The molecule has 0 spiro atoms. The molecule has 7 nitrogen and oxygen atoms in total. The van der Waals surface area contributed by atoms with Crippen molar-refractivity contribution in [2.75, 3.05) is 13.1 Å². The number of aromatic nitrogens is 3. The van der Waals surface area contributed by atoms with Crippen LogP contribution in [0, 0.1) is 18.8 Å². The molecule has 3 aliphatic rings. The molecule has 7 heteroatoms. The second kappa shape index (κ2) is 7.44. The molecule has 2 bridgehead atoms. The predicted octanol–water partition coefficient (Wildman–Crippen LogP) is 2.44. The molecular weight excluding hydrogens is 364 g/mol. The van der Waals surface area contributed by atoms with Gasteiger partial charge in [-0.15, -0.1) is 10.2 Å². The number of rotatable bonds is 4. The van der Waals surface area contributed by atoms with Gasteiger partial charge in [0.15, 0.2) is 11.8 Å². The minimum Gasteiger partial charge on any atom is -0.374 e. The van der Waals surface area contributed by atoms with Crippen LogP contribution in [0.1, 0.15) is 43.0 Å². The van der Waals surface area contributed by atoms with Gasteiger partial charge in [-0.25, -0.2) is 4.99 Å². The number of aryl methyl sites for hydroxylation is 1. The summed E-state index contributed by atoms with van der Waals surface area (Å²) in [6, 6.07) is 10.7. The van der Waals surface area contributed by atoms with Crippen LogP contribution in [0.4, 0.5) is 0 Å². The van der Waals surface area contributed by atoms with Crippen LogP contribution in [0.15, 0.2) is 35.3 Å². The fourth-order valence-electron chi connectivity index (χ4n) is 5.12. The molecule has 2 aromatic rings. The van der Waals surface area contributed by atoms with Gasteiger partial charge in [0.25, 0.3) is 0 Å². The quantitative estimate of drug-likeness (QED) is 0.637.